The Hall–Kier alpha value is -3.50. The van der Waals surface area contributed by atoms with Crippen molar-refractivity contribution in [2.24, 2.45) is 0 Å². The molecule has 1 amide bonds. The highest BCUT2D eigenvalue weighted by atomic mass is 32.2. The van der Waals surface area contributed by atoms with Gasteiger partial charge in [-0.3, -0.25) is 9.36 Å². The van der Waals surface area contributed by atoms with Crippen LogP contribution in [-0.2, 0) is 11.3 Å². The molecule has 10 heteroatoms. The summed E-state index contributed by atoms with van der Waals surface area (Å²) >= 11 is 2.93. The van der Waals surface area contributed by atoms with Crippen molar-refractivity contribution in [3.8, 4) is 33.6 Å². The number of para-hydroxylation sites is 1. The number of carbonyl (C=O) groups is 1. The summed E-state index contributed by atoms with van der Waals surface area (Å²) in [5.41, 5.74) is 1.72. The van der Waals surface area contributed by atoms with E-state index in [0.29, 0.717) is 22.4 Å². The lowest BCUT2D eigenvalue weighted by atomic mass is 10.1. The fraction of sp³-hybridized carbons (Fsp3) is 0.208. The molecule has 176 valence electrons. The van der Waals surface area contributed by atoms with Crippen LogP contribution in [0.2, 0.25) is 0 Å². The molecule has 0 fully saturated rings. The zero-order valence-corrected chi connectivity index (χ0v) is 20.6. The summed E-state index contributed by atoms with van der Waals surface area (Å²) in [6.45, 7) is 0.286. The molecule has 2 heterocycles. The van der Waals surface area contributed by atoms with Gasteiger partial charge in [-0.15, -0.1) is 21.5 Å². The van der Waals surface area contributed by atoms with Crippen LogP contribution in [-0.4, -0.2) is 47.8 Å². The molecule has 0 aliphatic heterocycles. The molecule has 0 atom stereocenters. The molecule has 8 nitrogen and oxygen atoms in total. The van der Waals surface area contributed by atoms with Gasteiger partial charge in [-0.2, -0.15) is 0 Å². The predicted molar refractivity (Wildman–Crippen MR) is 133 cm³/mol. The molecule has 34 heavy (non-hydrogen) atoms. The monoisotopic (exact) mass is 496 g/mol. The van der Waals surface area contributed by atoms with Gasteiger partial charge in [-0.25, -0.2) is 0 Å². The van der Waals surface area contributed by atoms with E-state index >= 15 is 0 Å². The molecule has 0 saturated heterocycles. The summed E-state index contributed by atoms with van der Waals surface area (Å²) in [5, 5.41) is 14.3. The van der Waals surface area contributed by atoms with Crippen LogP contribution in [0.1, 0.15) is 5.56 Å². The van der Waals surface area contributed by atoms with Gasteiger partial charge < -0.3 is 19.5 Å². The van der Waals surface area contributed by atoms with Crippen molar-refractivity contribution in [3.63, 3.8) is 0 Å². The number of ether oxygens (including phenoxy) is 3. The maximum absolute atomic E-state index is 12.7. The van der Waals surface area contributed by atoms with Crippen molar-refractivity contribution in [1.82, 2.24) is 20.1 Å². The topological polar surface area (TPSA) is 87.5 Å². The summed E-state index contributed by atoms with van der Waals surface area (Å²) in [5.74, 6) is 2.53. The van der Waals surface area contributed by atoms with Crippen LogP contribution in [0.25, 0.3) is 16.4 Å². The summed E-state index contributed by atoms with van der Waals surface area (Å²) < 4.78 is 18.1. The fourth-order valence-electron chi connectivity index (χ4n) is 3.34. The second kappa shape index (κ2) is 11.1. The van der Waals surface area contributed by atoms with Gasteiger partial charge in [0.15, 0.2) is 22.5 Å². The molecule has 4 aromatic rings. The zero-order valence-electron chi connectivity index (χ0n) is 19.0. The molecule has 0 bridgehead atoms. The lowest BCUT2D eigenvalue weighted by Crippen LogP contribution is -2.25. The number of nitrogens with one attached hydrogen (secondary N) is 1. The number of carbonyl (C=O) groups excluding carboxylic acids is 1. The SMILES string of the molecule is COc1cc(OC)c(OC)cc1CNC(=O)CSc1nnc(-c2cccs2)n1-c1ccccc1. The summed E-state index contributed by atoms with van der Waals surface area (Å²) in [6.07, 6.45) is 0. The van der Waals surface area contributed by atoms with Gasteiger partial charge in [0.05, 0.1) is 32.0 Å². The van der Waals surface area contributed by atoms with Crippen LogP contribution in [0.3, 0.4) is 0 Å². The van der Waals surface area contributed by atoms with Gasteiger partial charge in [0.2, 0.25) is 5.91 Å². The van der Waals surface area contributed by atoms with E-state index in [9.17, 15) is 4.79 Å². The third kappa shape index (κ3) is 5.18. The number of nitrogens with zero attached hydrogens (tertiary/aromatic N) is 3. The minimum absolute atomic E-state index is 0.137. The first-order valence-electron chi connectivity index (χ1n) is 10.4. The first-order valence-corrected chi connectivity index (χ1v) is 12.2. The van der Waals surface area contributed by atoms with Gasteiger partial charge in [-0.05, 0) is 29.6 Å². The Morgan fingerprint density at radius 3 is 2.38 bits per heavy atom. The normalized spacial score (nSPS) is 10.7. The lowest BCUT2D eigenvalue weighted by molar-refractivity contribution is -0.118. The highest BCUT2D eigenvalue weighted by Crippen LogP contribution is 2.34. The minimum atomic E-state index is -0.137. The Balaban J connectivity index is 1.47. The van der Waals surface area contributed by atoms with Crippen LogP contribution in [0.4, 0.5) is 0 Å². The van der Waals surface area contributed by atoms with Crippen molar-refractivity contribution >= 4 is 29.0 Å². The molecule has 0 saturated carbocycles. The number of amides is 1. The maximum Gasteiger partial charge on any atom is 0.230 e. The van der Waals surface area contributed by atoms with E-state index in [0.717, 1.165) is 22.0 Å². The molecule has 2 aromatic heterocycles. The van der Waals surface area contributed by atoms with Crippen molar-refractivity contribution in [3.05, 3.63) is 65.5 Å². The Morgan fingerprint density at radius 1 is 0.971 bits per heavy atom. The minimum Gasteiger partial charge on any atom is -0.496 e. The molecule has 0 aliphatic carbocycles. The van der Waals surface area contributed by atoms with Gasteiger partial charge in [0.25, 0.3) is 0 Å². The van der Waals surface area contributed by atoms with Crippen molar-refractivity contribution in [2.45, 2.75) is 11.7 Å². The lowest BCUT2D eigenvalue weighted by Gasteiger charge is -2.14. The van der Waals surface area contributed by atoms with E-state index in [2.05, 4.69) is 15.5 Å². The molecule has 2 aromatic carbocycles. The fourth-order valence-corrected chi connectivity index (χ4v) is 4.82. The quantitative estimate of drug-likeness (QED) is 0.325. The first kappa shape index (κ1) is 23.7. The van der Waals surface area contributed by atoms with Crippen LogP contribution in [0.15, 0.2) is 65.1 Å². The van der Waals surface area contributed by atoms with Crippen molar-refractivity contribution in [1.29, 1.82) is 0 Å². The zero-order chi connectivity index (χ0) is 23.9. The number of thioether (sulfide) groups is 1. The molecule has 0 unspecified atom stereocenters. The number of methoxy groups -OCH3 is 3. The van der Waals surface area contributed by atoms with Gasteiger partial charge in [0, 0.05) is 23.9 Å². The van der Waals surface area contributed by atoms with E-state index in [1.165, 1.54) is 11.8 Å². The van der Waals surface area contributed by atoms with Gasteiger partial charge in [-0.1, -0.05) is 36.0 Å². The van der Waals surface area contributed by atoms with E-state index in [1.54, 1.807) is 44.8 Å². The predicted octanol–water partition coefficient (Wildman–Crippen LogP) is 4.43. The average Bonchev–Trinajstić information content (AvgIpc) is 3.56. The molecule has 1 N–H and O–H groups in total. The Kier molecular flexibility index (Phi) is 7.71. The van der Waals surface area contributed by atoms with Gasteiger partial charge >= 0.3 is 0 Å². The number of aromatic nitrogens is 3. The first-order chi connectivity index (χ1) is 16.6. The van der Waals surface area contributed by atoms with E-state index in [4.69, 9.17) is 14.2 Å². The summed E-state index contributed by atoms with van der Waals surface area (Å²) in [6, 6.07) is 17.4. The van der Waals surface area contributed by atoms with E-state index in [-0.39, 0.29) is 18.2 Å². The molecule has 0 aliphatic rings. The standard InChI is InChI=1S/C24H24N4O4S2/c1-30-18-13-20(32-3)19(31-2)12-16(18)14-25-22(29)15-34-24-27-26-23(21-10-7-11-33-21)28(24)17-8-5-4-6-9-17/h4-13H,14-15H2,1-3H3,(H,25,29). The van der Waals surface area contributed by atoms with Crippen LogP contribution >= 0.6 is 23.1 Å². The number of thiophene rings is 1. The number of rotatable bonds is 10. The second-order valence-corrected chi connectivity index (χ2v) is 8.93. The third-order valence-corrected chi connectivity index (χ3v) is 6.78. The van der Waals surface area contributed by atoms with E-state index in [1.807, 2.05) is 52.4 Å². The van der Waals surface area contributed by atoms with Crippen molar-refractivity contribution in [2.75, 3.05) is 27.1 Å². The Morgan fingerprint density at radius 2 is 1.71 bits per heavy atom. The summed E-state index contributed by atoms with van der Waals surface area (Å²) in [7, 11) is 4.70. The van der Waals surface area contributed by atoms with Crippen LogP contribution < -0.4 is 19.5 Å². The van der Waals surface area contributed by atoms with Crippen LogP contribution in [0, 0.1) is 0 Å². The van der Waals surface area contributed by atoms with Crippen LogP contribution in [0.5, 0.6) is 17.2 Å². The molecule has 4 rings (SSSR count). The molecular weight excluding hydrogens is 472 g/mol. The molecular formula is C24H24N4O4S2. The second-order valence-electron chi connectivity index (χ2n) is 7.04. The highest BCUT2D eigenvalue weighted by Gasteiger charge is 2.18. The third-order valence-electron chi connectivity index (χ3n) is 4.98. The van der Waals surface area contributed by atoms with Crippen molar-refractivity contribution < 1.29 is 19.0 Å². The number of hydrogen-bond donors (Lipinski definition) is 1. The largest absolute Gasteiger partial charge is 0.496 e. The number of hydrogen-bond acceptors (Lipinski definition) is 8. The Bertz CT molecular complexity index is 1240. The van der Waals surface area contributed by atoms with Gasteiger partial charge in [0.1, 0.15) is 5.75 Å². The smallest absolute Gasteiger partial charge is 0.230 e. The summed E-state index contributed by atoms with van der Waals surface area (Å²) in [4.78, 5) is 13.7. The molecule has 0 spiro atoms. The average molecular weight is 497 g/mol. The highest BCUT2D eigenvalue weighted by molar-refractivity contribution is 7.99. The Labute approximate surface area is 205 Å². The van der Waals surface area contributed by atoms with E-state index < -0.39 is 0 Å². The maximum atomic E-state index is 12.7. The molecule has 0 radical (unpaired) electrons. The number of benzene rings is 2.